The number of halogens is 1. The molecule has 4 rings (SSSR count). The van der Waals surface area contributed by atoms with Gasteiger partial charge in [0.05, 0.1) is 28.2 Å². The molecule has 32 heavy (non-hydrogen) atoms. The summed E-state index contributed by atoms with van der Waals surface area (Å²) in [5, 5.41) is 3.34. The maximum atomic E-state index is 13.1. The lowest BCUT2D eigenvalue weighted by Gasteiger charge is -2.18. The molecule has 1 N–H and O–H groups in total. The summed E-state index contributed by atoms with van der Waals surface area (Å²) in [6, 6.07) is 15.4. The van der Waals surface area contributed by atoms with Crippen LogP contribution in [0.1, 0.15) is 42.2 Å². The number of aryl methyl sites for hydroxylation is 2. The number of carbonyl (C=O) groups excluding carboxylic acids is 3. The summed E-state index contributed by atoms with van der Waals surface area (Å²) in [5.74, 6) is -1.23. The number of amides is 3. The first-order chi connectivity index (χ1) is 15.2. The molecule has 1 heterocycles. The van der Waals surface area contributed by atoms with E-state index in [1.54, 1.807) is 18.2 Å². The topological polar surface area (TPSA) is 69.7 Å². The number of imide groups is 1. The lowest BCUT2D eigenvalue weighted by molar-refractivity contribution is 0.0925. The Morgan fingerprint density at radius 1 is 0.906 bits per heavy atom. The lowest BCUT2D eigenvalue weighted by Crippen LogP contribution is -2.30. The third kappa shape index (κ3) is 3.74. The van der Waals surface area contributed by atoms with Gasteiger partial charge in [0.15, 0.2) is 0 Å². The average molecular weight is 448 g/mol. The van der Waals surface area contributed by atoms with Crippen LogP contribution < -0.4 is 15.1 Å². The molecule has 1 aliphatic rings. The highest BCUT2D eigenvalue weighted by Gasteiger charge is 2.37. The molecule has 1 aliphatic heterocycles. The summed E-state index contributed by atoms with van der Waals surface area (Å²) in [5.41, 5.74) is 4.42. The zero-order valence-corrected chi connectivity index (χ0v) is 18.9. The average Bonchev–Trinajstić information content (AvgIpc) is 2.99. The van der Waals surface area contributed by atoms with Crippen LogP contribution in [0.25, 0.3) is 0 Å². The number of rotatable bonds is 4. The lowest BCUT2D eigenvalue weighted by atomic mass is 10.1. The molecule has 0 fully saturated rings. The van der Waals surface area contributed by atoms with Crippen LogP contribution in [0.4, 0.5) is 17.1 Å². The maximum absolute atomic E-state index is 13.1. The Morgan fingerprint density at radius 2 is 1.62 bits per heavy atom. The second-order valence-corrected chi connectivity index (χ2v) is 8.44. The minimum absolute atomic E-state index is 0.211. The van der Waals surface area contributed by atoms with Crippen LogP contribution in [0, 0.1) is 13.8 Å². The molecule has 0 saturated carbocycles. The van der Waals surface area contributed by atoms with Crippen LogP contribution in [-0.4, -0.2) is 31.8 Å². The molecule has 3 aromatic carbocycles. The second kappa shape index (κ2) is 8.13. The summed E-state index contributed by atoms with van der Waals surface area (Å²) in [7, 11) is 3.72. The SMILES string of the molecule is Cc1ccc(C)c(N2C(=O)c3ccc(C(=O)Nc4cc(Cl)ccc4N(C)C)cc3C2=O)c1. The van der Waals surface area contributed by atoms with Gasteiger partial charge in [-0.1, -0.05) is 23.7 Å². The minimum atomic E-state index is -0.440. The van der Waals surface area contributed by atoms with E-state index in [1.807, 2.05) is 57.1 Å². The zero-order chi connectivity index (χ0) is 23.2. The molecule has 7 heteroatoms. The highest BCUT2D eigenvalue weighted by atomic mass is 35.5. The molecule has 0 bridgehead atoms. The Kier molecular flexibility index (Phi) is 5.48. The van der Waals surface area contributed by atoms with E-state index in [4.69, 9.17) is 11.6 Å². The van der Waals surface area contributed by atoms with Crippen molar-refractivity contribution < 1.29 is 14.4 Å². The maximum Gasteiger partial charge on any atom is 0.266 e. The monoisotopic (exact) mass is 447 g/mol. The molecule has 0 aromatic heterocycles. The van der Waals surface area contributed by atoms with Gasteiger partial charge in [-0.15, -0.1) is 0 Å². The Balaban J connectivity index is 1.67. The van der Waals surface area contributed by atoms with Crippen molar-refractivity contribution in [1.29, 1.82) is 0 Å². The van der Waals surface area contributed by atoms with Gasteiger partial charge in [0.2, 0.25) is 0 Å². The van der Waals surface area contributed by atoms with Gasteiger partial charge in [-0.25, -0.2) is 4.90 Å². The Hall–Kier alpha value is -3.64. The van der Waals surface area contributed by atoms with Crippen molar-refractivity contribution in [3.63, 3.8) is 0 Å². The predicted octanol–water partition coefficient (Wildman–Crippen LogP) is 5.08. The molecule has 0 spiro atoms. The van der Waals surface area contributed by atoms with Gasteiger partial charge in [0, 0.05) is 24.7 Å². The zero-order valence-electron chi connectivity index (χ0n) is 18.2. The molecule has 0 radical (unpaired) electrons. The number of nitrogens with zero attached hydrogens (tertiary/aromatic N) is 2. The molecule has 162 valence electrons. The van der Waals surface area contributed by atoms with Crippen LogP contribution in [-0.2, 0) is 0 Å². The van der Waals surface area contributed by atoms with E-state index in [0.717, 1.165) is 16.8 Å². The van der Waals surface area contributed by atoms with Crippen LogP contribution in [0.15, 0.2) is 54.6 Å². The normalized spacial score (nSPS) is 12.7. The molecule has 0 aliphatic carbocycles. The third-order valence-corrected chi connectivity index (χ3v) is 5.68. The number of benzene rings is 3. The number of nitrogens with one attached hydrogen (secondary N) is 1. The van der Waals surface area contributed by atoms with Gasteiger partial charge in [-0.2, -0.15) is 0 Å². The van der Waals surface area contributed by atoms with Gasteiger partial charge < -0.3 is 10.2 Å². The van der Waals surface area contributed by atoms with Crippen LogP contribution in [0.3, 0.4) is 0 Å². The highest BCUT2D eigenvalue weighted by Crippen LogP contribution is 2.32. The molecule has 3 aromatic rings. The first-order valence-electron chi connectivity index (χ1n) is 10.1. The molecular formula is C25H22ClN3O3. The summed E-state index contributed by atoms with van der Waals surface area (Å²) in [6.07, 6.45) is 0. The van der Waals surface area contributed by atoms with Crippen LogP contribution in [0.2, 0.25) is 5.02 Å². The van der Waals surface area contributed by atoms with E-state index in [-0.39, 0.29) is 16.7 Å². The quantitative estimate of drug-likeness (QED) is 0.566. The molecule has 0 unspecified atom stereocenters. The third-order valence-electron chi connectivity index (χ3n) is 5.44. The van der Waals surface area contributed by atoms with Gasteiger partial charge >= 0.3 is 0 Å². The molecule has 6 nitrogen and oxygen atoms in total. The van der Waals surface area contributed by atoms with Gasteiger partial charge in [-0.3, -0.25) is 14.4 Å². The first-order valence-corrected chi connectivity index (χ1v) is 10.4. The van der Waals surface area contributed by atoms with Crippen LogP contribution >= 0.6 is 11.6 Å². The van der Waals surface area contributed by atoms with Crippen molar-refractivity contribution in [1.82, 2.24) is 0 Å². The van der Waals surface area contributed by atoms with E-state index < -0.39 is 17.7 Å². The summed E-state index contributed by atoms with van der Waals surface area (Å²) in [6.45, 7) is 3.76. The highest BCUT2D eigenvalue weighted by molar-refractivity contribution is 6.35. The second-order valence-electron chi connectivity index (χ2n) is 8.01. The minimum Gasteiger partial charge on any atom is -0.376 e. The number of carbonyl (C=O) groups is 3. The largest absolute Gasteiger partial charge is 0.376 e. The Bertz CT molecular complexity index is 1280. The summed E-state index contributed by atoms with van der Waals surface area (Å²) < 4.78 is 0. The number of fused-ring (bicyclic) bond motifs is 1. The van der Waals surface area contributed by atoms with Gasteiger partial charge in [0.25, 0.3) is 17.7 Å². The number of anilines is 3. The fourth-order valence-corrected chi connectivity index (χ4v) is 3.93. The number of hydrogen-bond acceptors (Lipinski definition) is 4. The summed E-state index contributed by atoms with van der Waals surface area (Å²) in [4.78, 5) is 42.1. The van der Waals surface area contributed by atoms with E-state index in [2.05, 4.69) is 5.32 Å². The molecule has 0 saturated heterocycles. The molecular weight excluding hydrogens is 426 g/mol. The standard InChI is InChI=1S/C25H22ClN3O3/c1-14-5-6-15(2)22(11-14)29-24(31)18-9-7-16(12-19(18)25(29)32)23(30)27-20-13-17(26)8-10-21(20)28(3)4/h5-13H,1-4H3,(H,27,30). The van der Waals surface area contributed by atoms with E-state index in [9.17, 15) is 14.4 Å². The summed E-state index contributed by atoms with van der Waals surface area (Å²) >= 11 is 6.10. The number of hydrogen-bond donors (Lipinski definition) is 1. The Morgan fingerprint density at radius 3 is 2.34 bits per heavy atom. The van der Waals surface area contributed by atoms with Crippen molar-refractivity contribution >= 4 is 46.4 Å². The fourth-order valence-electron chi connectivity index (χ4n) is 3.75. The molecule has 3 amide bonds. The van der Waals surface area contributed by atoms with E-state index >= 15 is 0 Å². The smallest absolute Gasteiger partial charge is 0.266 e. The van der Waals surface area contributed by atoms with Crippen molar-refractivity contribution in [2.24, 2.45) is 0 Å². The predicted molar refractivity (Wildman–Crippen MR) is 127 cm³/mol. The van der Waals surface area contributed by atoms with Gasteiger partial charge in [-0.05, 0) is 67.4 Å². The van der Waals surface area contributed by atoms with Crippen molar-refractivity contribution in [3.05, 3.63) is 87.4 Å². The first kappa shape index (κ1) is 21.6. The van der Waals surface area contributed by atoms with Crippen molar-refractivity contribution in [3.8, 4) is 0 Å². The van der Waals surface area contributed by atoms with Crippen molar-refractivity contribution in [2.45, 2.75) is 13.8 Å². The molecule has 0 atom stereocenters. The van der Waals surface area contributed by atoms with E-state index in [0.29, 0.717) is 16.4 Å². The fraction of sp³-hybridized carbons (Fsp3) is 0.160. The van der Waals surface area contributed by atoms with Gasteiger partial charge in [0.1, 0.15) is 0 Å². The Labute approximate surface area is 191 Å². The van der Waals surface area contributed by atoms with E-state index in [1.165, 1.54) is 17.0 Å². The van der Waals surface area contributed by atoms with Crippen LogP contribution in [0.5, 0.6) is 0 Å². The van der Waals surface area contributed by atoms with Crippen molar-refractivity contribution in [2.75, 3.05) is 29.2 Å².